The molecule has 0 aliphatic rings. The number of rotatable bonds is 8. The van der Waals surface area contributed by atoms with E-state index in [2.05, 4.69) is 58.7 Å². The molecule has 0 spiro atoms. The van der Waals surface area contributed by atoms with Crippen LogP contribution in [0.5, 0.6) is 0 Å². The molecule has 17 heavy (non-hydrogen) atoms. The van der Waals surface area contributed by atoms with E-state index in [1.165, 1.54) is 0 Å². The lowest BCUT2D eigenvalue weighted by atomic mass is 10.1. The average molecular weight is 244 g/mol. The molecule has 0 saturated carbocycles. The molecule has 0 aromatic heterocycles. The maximum atomic E-state index is 5.66. The number of nitrogens with zero attached hydrogens (tertiary/aromatic N) is 1. The van der Waals surface area contributed by atoms with Gasteiger partial charge in [-0.05, 0) is 48.5 Å². The second-order valence-electron chi connectivity index (χ2n) is 6.21. The molecule has 0 rings (SSSR count). The third kappa shape index (κ3) is 9.57. The van der Waals surface area contributed by atoms with Gasteiger partial charge in [0.05, 0.1) is 13.2 Å². The lowest BCUT2D eigenvalue weighted by Crippen LogP contribution is -2.40. The van der Waals surface area contributed by atoms with Crippen molar-refractivity contribution in [3.8, 4) is 0 Å². The zero-order chi connectivity index (χ0) is 13.5. The number of hydrogen-bond acceptors (Lipinski definition) is 3. The van der Waals surface area contributed by atoms with Crippen LogP contribution in [-0.2, 0) is 4.74 Å². The summed E-state index contributed by atoms with van der Waals surface area (Å²) in [6.07, 6.45) is 0. The molecule has 0 unspecified atom stereocenters. The minimum Gasteiger partial charge on any atom is -0.379 e. The van der Waals surface area contributed by atoms with Gasteiger partial charge in [0, 0.05) is 30.7 Å². The first-order valence-corrected chi connectivity index (χ1v) is 6.82. The maximum Gasteiger partial charge on any atom is 0.0594 e. The van der Waals surface area contributed by atoms with Crippen molar-refractivity contribution in [2.45, 2.75) is 66.1 Å². The van der Waals surface area contributed by atoms with Gasteiger partial charge in [-0.2, -0.15) is 0 Å². The Balaban J connectivity index is 3.56. The van der Waals surface area contributed by atoms with E-state index in [1.54, 1.807) is 0 Å². The predicted molar refractivity (Wildman–Crippen MR) is 75.6 cm³/mol. The van der Waals surface area contributed by atoms with Crippen molar-refractivity contribution in [1.82, 2.24) is 10.2 Å². The highest BCUT2D eigenvalue weighted by Crippen LogP contribution is 2.04. The zero-order valence-electron chi connectivity index (χ0n) is 12.8. The maximum absolute atomic E-state index is 5.66. The van der Waals surface area contributed by atoms with E-state index in [1.807, 2.05) is 0 Å². The first-order valence-electron chi connectivity index (χ1n) is 6.82. The molecular weight excluding hydrogens is 212 g/mol. The van der Waals surface area contributed by atoms with Crippen molar-refractivity contribution in [2.24, 2.45) is 0 Å². The number of hydrogen-bond donors (Lipinski definition) is 1. The van der Waals surface area contributed by atoms with E-state index in [9.17, 15) is 0 Å². The monoisotopic (exact) mass is 244 g/mol. The topological polar surface area (TPSA) is 24.5 Å². The Labute approximate surface area is 108 Å². The Morgan fingerprint density at radius 3 is 1.94 bits per heavy atom. The fraction of sp³-hybridized carbons (Fsp3) is 1.00. The normalized spacial score (nSPS) is 13.1. The van der Waals surface area contributed by atoms with E-state index < -0.39 is 0 Å². The van der Waals surface area contributed by atoms with E-state index in [0.29, 0.717) is 12.1 Å². The van der Waals surface area contributed by atoms with Gasteiger partial charge in [0.15, 0.2) is 0 Å². The first-order chi connectivity index (χ1) is 7.74. The first kappa shape index (κ1) is 16.9. The van der Waals surface area contributed by atoms with E-state index in [0.717, 1.165) is 26.3 Å². The van der Waals surface area contributed by atoms with E-state index >= 15 is 0 Å². The van der Waals surface area contributed by atoms with Crippen molar-refractivity contribution in [1.29, 1.82) is 0 Å². The lowest BCUT2D eigenvalue weighted by molar-refractivity contribution is 0.0777. The summed E-state index contributed by atoms with van der Waals surface area (Å²) >= 11 is 0. The van der Waals surface area contributed by atoms with Gasteiger partial charge in [0.25, 0.3) is 0 Å². The fourth-order valence-electron chi connectivity index (χ4n) is 1.88. The summed E-state index contributed by atoms with van der Waals surface area (Å²) in [5.41, 5.74) is 0.186. The van der Waals surface area contributed by atoms with Crippen LogP contribution >= 0.6 is 0 Å². The molecule has 0 aliphatic heterocycles. The van der Waals surface area contributed by atoms with Crippen LogP contribution in [0.15, 0.2) is 0 Å². The van der Waals surface area contributed by atoms with E-state index in [4.69, 9.17) is 4.74 Å². The Kier molecular flexibility index (Phi) is 8.01. The summed E-state index contributed by atoms with van der Waals surface area (Å²) in [4.78, 5) is 2.46. The van der Waals surface area contributed by atoms with E-state index in [-0.39, 0.29) is 5.54 Å². The quantitative estimate of drug-likeness (QED) is 0.664. The molecule has 0 saturated heterocycles. The average Bonchev–Trinajstić information content (AvgIpc) is 2.13. The predicted octanol–water partition coefficient (Wildman–Crippen LogP) is 2.51. The molecule has 0 aromatic carbocycles. The molecular formula is C14H32N2O. The third-order valence-electron chi connectivity index (χ3n) is 2.72. The van der Waals surface area contributed by atoms with Crippen molar-refractivity contribution < 1.29 is 4.74 Å². The van der Waals surface area contributed by atoms with Gasteiger partial charge in [0.2, 0.25) is 0 Å². The minimum absolute atomic E-state index is 0.186. The van der Waals surface area contributed by atoms with Crippen molar-refractivity contribution in [3.63, 3.8) is 0 Å². The molecule has 0 atom stereocenters. The molecule has 1 N–H and O–H groups in total. The number of ether oxygens (including phenoxy) is 1. The van der Waals surface area contributed by atoms with Crippen LogP contribution in [0, 0.1) is 0 Å². The summed E-state index contributed by atoms with van der Waals surface area (Å²) in [7, 11) is 0. The van der Waals surface area contributed by atoms with Gasteiger partial charge in [-0.15, -0.1) is 0 Å². The zero-order valence-corrected chi connectivity index (χ0v) is 12.8. The Bertz CT molecular complexity index is 177. The Morgan fingerprint density at radius 1 is 1.00 bits per heavy atom. The van der Waals surface area contributed by atoms with Gasteiger partial charge in [0.1, 0.15) is 0 Å². The highest BCUT2D eigenvalue weighted by Gasteiger charge is 2.12. The molecule has 0 aromatic rings. The summed E-state index contributed by atoms with van der Waals surface area (Å²) in [6, 6.07) is 1.18. The minimum atomic E-state index is 0.186. The van der Waals surface area contributed by atoms with Gasteiger partial charge in [-0.3, -0.25) is 4.90 Å². The summed E-state index contributed by atoms with van der Waals surface area (Å²) in [6.45, 7) is 19.0. The fourth-order valence-corrected chi connectivity index (χ4v) is 1.88. The Morgan fingerprint density at radius 2 is 1.53 bits per heavy atom. The summed E-state index contributed by atoms with van der Waals surface area (Å²) in [5.74, 6) is 0. The molecule has 0 bridgehead atoms. The largest absolute Gasteiger partial charge is 0.379 e. The van der Waals surface area contributed by atoms with Crippen LogP contribution in [0.2, 0.25) is 0 Å². The molecule has 0 heterocycles. The second-order valence-corrected chi connectivity index (χ2v) is 6.21. The summed E-state index contributed by atoms with van der Waals surface area (Å²) < 4.78 is 5.66. The van der Waals surface area contributed by atoms with Crippen LogP contribution in [0.4, 0.5) is 0 Å². The van der Waals surface area contributed by atoms with Crippen LogP contribution in [-0.4, -0.2) is 48.8 Å². The van der Waals surface area contributed by atoms with Crippen molar-refractivity contribution in [3.05, 3.63) is 0 Å². The van der Waals surface area contributed by atoms with Gasteiger partial charge < -0.3 is 10.1 Å². The molecule has 0 amide bonds. The van der Waals surface area contributed by atoms with Crippen LogP contribution in [0.1, 0.15) is 48.5 Å². The highest BCUT2D eigenvalue weighted by atomic mass is 16.5. The highest BCUT2D eigenvalue weighted by molar-refractivity contribution is 4.69. The molecule has 3 nitrogen and oxygen atoms in total. The second kappa shape index (κ2) is 8.06. The van der Waals surface area contributed by atoms with Crippen LogP contribution < -0.4 is 5.32 Å². The lowest BCUT2D eigenvalue weighted by Gasteiger charge is -2.30. The molecule has 0 fully saturated rings. The molecule has 0 aliphatic carbocycles. The van der Waals surface area contributed by atoms with Gasteiger partial charge in [-0.1, -0.05) is 0 Å². The van der Waals surface area contributed by atoms with Gasteiger partial charge >= 0.3 is 0 Å². The van der Waals surface area contributed by atoms with Crippen LogP contribution in [0.25, 0.3) is 0 Å². The molecule has 104 valence electrons. The molecule has 0 radical (unpaired) electrons. The van der Waals surface area contributed by atoms with Crippen molar-refractivity contribution >= 4 is 0 Å². The Hall–Kier alpha value is -0.120. The standard InChI is InChI=1S/C14H32N2O/c1-12(2)16(13(3)4)9-11-17-10-8-15-14(5,6)7/h12-13,15H,8-11H2,1-7H3. The van der Waals surface area contributed by atoms with Crippen molar-refractivity contribution in [2.75, 3.05) is 26.3 Å². The van der Waals surface area contributed by atoms with Gasteiger partial charge in [-0.25, -0.2) is 0 Å². The van der Waals surface area contributed by atoms with Crippen LogP contribution in [0.3, 0.4) is 0 Å². The third-order valence-corrected chi connectivity index (χ3v) is 2.72. The number of nitrogens with one attached hydrogen (secondary N) is 1. The smallest absolute Gasteiger partial charge is 0.0594 e. The summed E-state index contributed by atoms with van der Waals surface area (Å²) in [5, 5.41) is 3.42. The SMILES string of the molecule is CC(C)N(CCOCCNC(C)(C)C)C(C)C. The molecule has 3 heteroatoms.